The predicted molar refractivity (Wildman–Crippen MR) is 234 cm³/mol. The van der Waals surface area contributed by atoms with Crippen molar-refractivity contribution in [3.8, 4) is 22.8 Å². The van der Waals surface area contributed by atoms with Crippen molar-refractivity contribution in [3.05, 3.63) is 78.4 Å². The fraction of sp³-hybridized carbons (Fsp3) is 0.429. The second-order valence-electron chi connectivity index (χ2n) is 17.4. The van der Waals surface area contributed by atoms with Crippen LogP contribution in [0.1, 0.15) is 92.1 Å². The summed E-state index contributed by atoms with van der Waals surface area (Å²) in [7, 11) is -5.75. The average Bonchev–Trinajstić information content (AvgIpc) is 3.98. The van der Waals surface area contributed by atoms with E-state index < -0.39 is 25.6 Å². The molecule has 2 unspecified atom stereocenters. The molecule has 17 heteroatoms. The number of nitrogens with zero attached hydrogens (tertiary/aromatic N) is 2. The standard InChI is InChI=1S/C21H23N3O3S2.C17H16N2O2S.C4H9NO2S/c1-11-22-18-16(28-11)9-21(2,3)17-14-8-12(4-5-15(14)24-19(17)18)20(25)23-13-6-7-29(26,27)10-13;1-8-18-14-12(22-8)7-17(2,3)13-10-6-9(16(20)21)4-5-11(10)19-15(13)14;5-4-1-2-8(6,7)3-4/h4-5,8,13,24H,6-7,9-10H2,1-3H3,(H,23,25);4-6,19H,7H2,1-3H3,(H,20,21);4H,1-3,5H2. The largest absolute Gasteiger partial charge is 0.478 e. The lowest BCUT2D eigenvalue weighted by Gasteiger charge is -2.29. The minimum atomic E-state index is -3.03. The second-order valence-corrected chi connectivity index (χ2v) is 24.5. The van der Waals surface area contributed by atoms with Gasteiger partial charge in [-0.05, 0) is 97.9 Å². The fourth-order valence-electron chi connectivity index (χ4n) is 8.97. The Morgan fingerprint density at radius 3 is 1.66 bits per heavy atom. The van der Waals surface area contributed by atoms with Crippen molar-refractivity contribution >= 4 is 76.0 Å². The minimum Gasteiger partial charge on any atom is -0.478 e. The van der Waals surface area contributed by atoms with Crippen LogP contribution in [0.5, 0.6) is 0 Å². The number of carbonyl (C=O) groups excluding carboxylic acids is 1. The number of hydrogen-bond acceptors (Lipinski definition) is 11. The van der Waals surface area contributed by atoms with E-state index in [1.807, 2.05) is 32.0 Å². The molecular formula is C42H48N6O7S4. The number of carboxylic acids is 1. The number of benzene rings is 2. The van der Waals surface area contributed by atoms with Crippen LogP contribution in [0.4, 0.5) is 0 Å². The molecular weight excluding hydrogens is 829 g/mol. The average molecular weight is 877 g/mol. The van der Waals surface area contributed by atoms with Gasteiger partial charge in [-0.25, -0.2) is 31.6 Å². The Morgan fingerprint density at radius 2 is 1.24 bits per heavy atom. The Labute approximate surface area is 351 Å². The molecule has 2 atom stereocenters. The number of amides is 1. The van der Waals surface area contributed by atoms with Crippen LogP contribution in [0, 0.1) is 13.8 Å². The van der Waals surface area contributed by atoms with Crippen molar-refractivity contribution < 1.29 is 31.5 Å². The summed E-state index contributed by atoms with van der Waals surface area (Å²) >= 11 is 3.50. The number of nitrogens with two attached hydrogens (primary N) is 1. The molecule has 6 heterocycles. The molecule has 59 heavy (non-hydrogen) atoms. The fourth-order valence-corrected chi connectivity index (χ4v) is 14.6. The van der Waals surface area contributed by atoms with Crippen molar-refractivity contribution in [1.29, 1.82) is 0 Å². The Balaban J connectivity index is 0.000000142. The van der Waals surface area contributed by atoms with Crippen LogP contribution in [0.15, 0.2) is 36.4 Å². The molecule has 13 nitrogen and oxygen atoms in total. The SMILES string of the molecule is Cc1nc2c(s1)CC(C)(C)c1c-2[nH]c2ccc(C(=O)NC3CCS(=O)(=O)C3)cc12.Cc1nc2c(s1)CC(C)(C)c1c-2[nH]c2ccc(C(=O)O)cc12.NC1CCS(=O)(=O)C1. The molecule has 0 radical (unpaired) electrons. The van der Waals surface area contributed by atoms with Crippen LogP contribution in [-0.2, 0) is 43.3 Å². The molecule has 4 aromatic heterocycles. The van der Waals surface area contributed by atoms with Crippen LogP contribution in [0.25, 0.3) is 44.6 Å². The second kappa shape index (κ2) is 14.6. The smallest absolute Gasteiger partial charge is 0.335 e. The molecule has 0 spiro atoms. The Bertz CT molecular complexity index is 2920. The highest BCUT2D eigenvalue weighted by Gasteiger charge is 2.38. The zero-order valence-electron chi connectivity index (χ0n) is 33.8. The van der Waals surface area contributed by atoms with E-state index in [-0.39, 0.29) is 51.8 Å². The Morgan fingerprint density at radius 1 is 0.763 bits per heavy atom. The lowest BCUT2D eigenvalue weighted by molar-refractivity contribution is 0.0696. The normalized spacial score (nSPS) is 21.3. The molecule has 2 aliphatic carbocycles. The summed E-state index contributed by atoms with van der Waals surface area (Å²) in [4.78, 5) is 43.1. The molecule has 1 amide bonds. The first kappa shape index (κ1) is 41.3. The van der Waals surface area contributed by atoms with E-state index in [0.717, 1.165) is 67.4 Å². The van der Waals surface area contributed by atoms with Gasteiger partial charge in [-0.15, -0.1) is 22.7 Å². The number of carboxylic acid groups (broad SMARTS) is 1. The van der Waals surface area contributed by atoms with Crippen LogP contribution in [0.2, 0.25) is 0 Å². The summed E-state index contributed by atoms with van der Waals surface area (Å²) < 4.78 is 44.5. The van der Waals surface area contributed by atoms with Crippen molar-refractivity contribution in [2.45, 2.75) is 90.1 Å². The molecule has 312 valence electrons. The maximum atomic E-state index is 12.8. The molecule has 2 fully saturated rings. The van der Waals surface area contributed by atoms with Gasteiger partial charge in [0, 0.05) is 49.2 Å². The number of thiazole rings is 2. The first-order valence-electron chi connectivity index (χ1n) is 19.6. The van der Waals surface area contributed by atoms with Crippen LogP contribution < -0.4 is 11.1 Å². The Hall–Kier alpha value is -4.42. The van der Waals surface area contributed by atoms with Gasteiger partial charge in [-0.3, -0.25) is 4.79 Å². The van der Waals surface area contributed by atoms with Crippen LogP contribution in [-0.4, -0.2) is 88.8 Å². The van der Waals surface area contributed by atoms with Gasteiger partial charge in [-0.1, -0.05) is 27.7 Å². The summed E-state index contributed by atoms with van der Waals surface area (Å²) in [6.45, 7) is 12.9. The van der Waals surface area contributed by atoms with Gasteiger partial charge >= 0.3 is 5.97 Å². The van der Waals surface area contributed by atoms with E-state index in [1.165, 1.54) is 20.9 Å². The van der Waals surface area contributed by atoms with Crippen molar-refractivity contribution in [3.63, 3.8) is 0 Å². The van der Waals surface area contributed by atoms with Gasteiger partial charge in [-0.2, -0.15) is 0 Å². The topological polar surface area (TPSA) is 218 Å². The van der Waals surface area contributed by atoms with E-state index in [1.54, 1.807) is 40.9 Å². The quantitative estimate of drug-likeness (QED) is 0.128. The third kappa shape index (κ3) is 7.99. The molecule has 6 N–H and O–H groups in total. The molecule has 6 aromatic rings. The van der Waals surface area contributed by atoms with Crippen molar-refractivity contribution in [2.75, 3.05) is 23.0 Å². The summed E-state index contributed by atoms with van der Waals surface area (Å²) in [6, 6.07) is 10.5. The third-order valence-electron chi connectivity index (χ3n) is 11.6. The zero-order chi connectivity index (χ0) is 42.4. The van der Waals surface area contributed by atoms with Gasteiger partial charge in [0.15, 0.2) is 19.7 Å². The third-order valence-corrected chi connectivity index (χ3v) is 17.1. The monoisotopic (exact) mass is 876 g/mol. The number of carbonyl (C=O) groups is 2. The van der Waals surface area contributed by atoms with Crippen LogP contribution in [0.3, 0.4) is 0 Å². The maximum Gasteiger partial charge on any atom is 0.335 e. The number of aryl methyl sites for hydroxylation is 2. The first-order valence-corrected chi connectivity index (χ1v) is 24.8. The molecule has 0 saturated carbocycles. The number of aromatic amines is 2. The molecule has 2 saturated heterocycles. The van der Waals surface area contributed by atoms with Crippen LogP contribution >= 0.6 is 22.7 Å². The van der Waals surface area contributed by atoms with E-state index in [0.29, 0.717) is 24.0 Å². The summed E-state index contributed by atoms with van der Waals surface area (Å²) in [6.07, 6.45) is 2.98. The number of H-pyrrole nitrogens is 2. The molecule has 0 bridgehead atoms. The number of aromatic nitrogens is 4. The van der Waals surface area contributed by atoms with Crippen molar-refractivity contribution in [1.82, 2.24) is 25.3 Å². The number of rotatable bonds is 3. The number of fused-ring (bicyclic) bond motifs is 10. The molecule has 2 aromatic carbocycles. The van der Waals surface area contributed by atoms with Gasteiger partial charge < -0.3 is 26.1 Å². The summed E-state index contributed by atoms with van der Waals surface area (Å²) in [5.74, 6) is -0.467. The van der Waals surface area contributed by atoms with Gasteiger partial charge in [0.1, 0.15) is 11.4 Å². The zero-order valence-corrected chi connectivity index (χ0v) is 37.0. The molecule has 2 aliphatic heterocycles. The maximum absolute atomic E-state index is 12.8. The van der Waals surface area contributed by atoms with Gasteiger partial charge in [0.2, 0.25) is 0 Å². The number of sulfone groups is 2. The minimum absolute atomic E-state index is 0.0273. The van der Waals surface area contributed by atoms with E-state index in [9.17, 15) is 31.5 Å². The lowest BCUT2D eigenvalue weighted by Crippen LogP contribution is -2.35. The van der Waals surface area contributed by atoms with Gasteiger partial charge in [0.05, 0.1) is 50.0 Å². The Kier molecular flexibility index (Phi) is 10.3. The predicted octanol–water partition coefficient (Wildman–Crippen LogP) is 6.61. The van der Waals surface area contributed by atoms with E-state index >= 15 is 0 Å². The highest BCUT2D eigenvalue weighted by atomic mass is 32.2. The van der Waals surface area contributed by atoms with E-state index in [2.05, 4.69) is 48.0 Å². The van der Waals surface area contributed by atoms with E-state index in [4.69, 9.17) is 10.7 Å². The first-order chi connectivity index (χ1) is 27.6. The number of nitrogens with one attached hydrogen (secondary N) is 3. The molecule has 10 rings (SSSR count). The number of hydrogen-bond donors (Lipinski definition) is 5. The molecule has 4 aliphatic rings. The highest BCUT2D eigenvalue weighted by Crippen LogP contribution is 2.49. The number of aromatic carboxylic acids is 1. The van der Waals surface area contributed by atoms with Gasteiger partial charge in [0.25, 0.3) is 5.91 Å². The lowest BCUT2D eigenvalue weighted by atomic mass is 9.75. The summed E-state index contributed by atoms with van der Waals surface area (Å²) in [5, 5.41) is 16.3. The summed E-state index contributed by atoms with van der Waals surface area (Å²) in [5.41, 5.74) is 14.6. The van der Waals surface area contributed by atoms with Crippen molar-refractivity contribution in [2.24, 2.45) is 5.73 Å². The highest BCUT2D eigenvalue weighted by molar-refractivity contribution is 7.91.